The van der Waals surface area contributed by atoms with Crippen LogP contribution in [0, 0.1) is 0 Å². The number of nitrogens with zero attached hydrogens (tertiary/aromatic N) is 1. The molecule has 0 saturated carbocycles. The highest BCUT2D eigenvalue weighted by molar-refractivity contribution is 6.31. The highest BCUT2D eigenvalue weighted by Crippen LogP contribution is 2.24. The summed E-state index contributed by atoms with van der Waals surface area (Å²) in [6, 6.07) is 9.69. The smallest absolute Gasteiger partial charge is 0.315 e. The van der Waals surface area contributed by atoms with Crippen LogP contribution in [0.2, 0.25) is 5.02 Å². The number of anilines is 1. The molecule has 1 atom stereocenters. The molecule has 7 heteroatoms. The van der Waals surface area contributed by atoms with Crippen molar-refractivity contribution in [3.63, 3.8) is 0 Å². The van der Waals surface area contributed by atoms with Crippen LogP contribution in [0.4, 0.5) is 10.5 Å². The summed E-state index contributed by atoms with van der Waals surface area (Å²) in [5.41, 5.74) is 0.739. The predicted molar refractivity (Wildman–Crippen MR) is 86.3 cm³/mol. The van der Waals surface area contributed by atoms with Gasteiger partial charge in [-0.05, 0) is 36.8 Å². The van der Waals surface area contributed by atoms with Crippen LogP contribution in [0.5, 0.6) is 0 Å². The Morgan fingerprint density at radius 3 is 2.96 bits per heavy atom. The van der Waals surface area contributed by atoms with Crippen LogP contribution in [0.25, 0.3) is 0 Å². The van der Waals surface area contributed by atoms with Gasteiger partial charge in [0.1, 0.15) is 11.8 Å². The normalized spacial score (nSPS) is 17.3. The number of hydrogen-bond donors (Lipinski definition) is 2. The van der Waals surface area contributed by atoms with Gasteiger partial charge in [0.15, 0.2) is 0 Å². The molecule has 1 aliphatic rings. The summed E-state index contributed by atoms with van der Waals surface area (Å²) in [6.07, 6.45) is 2.10. The fraction of sp³-hybridized carbons (Fsp3) is 0.250. The minimum absolute atomic E-state index is 0.139. The van der Waals surface area contributed by atoms with Crippen LogP contribution >= 0.6 is 11.6 Å². The van der Waals surface area contributed by atoms with Gasteiger partial charge in [-0.2, -0.15) is 0 Å². The molecule has 0 unspecified atom stereocenters. The van der Waals surface area contributed by atoms with Crippen molar-refractivity contribution in [2.24, 2.45) is 0 Å². The Kier molecular flexibility index (Phi) is 4.52. The van der Waals surface area contributed by atoms with E-state index < -0.39 is 12.1 Å². The minimum atomic E-state index is -0.536. The van der Waals surface area contributed by atoms with E-state index in [1.54, 1.807) is 35.2 Å². The molecule has 3 amide bonds. The van der Waals surface area contributed by atoms with Crippen LogP contribution in [-0.4, -0.2) is 24.5 Å². The summed E-state index contributed by atoms with van der Waals surface area (Å²) in [7, 11) is 0. The van der Waals surface area contributed by atoms with Gasteiger partial charge in [-0.25, -0.2) is 4.79 Å². The fourth-order valence-corrected chi connectivity index (χ4v) is 2.69. The maximum Gasteiger partial charge on any atom is 0.315 e. The van der Waals surface area contributed by atoms with Gasteiger partial charge in [0.25, 0.3) is 0 Å². The van der Waals surface area contributed by atoms with Gasteiger partial charge in [0, 0.05) is 17.3 Å². The molecule has 2 heterocycles. The van der Waals surface area contributed by atoms with Gasteiger partial charge in [-0.1, -0.05) is 17.7 Å². The third-order valence-electron chi connectivity index (χ3n) is 3.63. The number of nitrogens with one attached hydrogen (secondary N) is 2. The first kappa shape index (κ1) is 15.4. The quantitative estimate of drug-likeness (QED) is 0.903. The van der Waals surface area contributed by atoms with Crippen molar-refractivity contribution in [2.45, 2.75) is 19.0 Å². The minimum Gasteiger partial charge on any atom is -0.467 e. The molecule has 1 fully saturated rings. The molecule has 1 aromatic carbocycles. The standard InChI is InChI=1S/C16H16ClN3O3/c17-11-3-1-4-12(9-11)20-7-6-14(15(20)21)19-16(22)18-10-13-5-2-8-23-13/h1-5,8-9,14H,6-7,10H2,(H2,18,19,22)/t14-/m1/s1. The Balaban J connectivity index is 1.55. The second kappa shape index (κ2) is 6.75. The van der Waals surface area contributed by atoms with Crippen molar-refractivity contribution in [3.05, 3.63) is 53.4 Å². The molecule has 0 spiro atoms. The second-order valence-corrected chi connectivity index (χ2v) is 5.65. The van der Waals surface area contributed by atoms with Crippen LogP contribution < -0.4 is 15.5 Å². The molecular formula is C16H16ClN3O3. The lowest BCUT2D eigenvalue weighted by Crippen LogP contribution is -2.45. The number of carbonyl (C=O) groups excluding carboxylic acids is 2. The largest absolute Gasteiger partial charge is 0.467 e. The zero-order chi connectivity index (χ0) is 16.2. The highest BCUT2D eigenvalue weighted by atomic mass is 35.5. The molecule has 120 valence electrons. The van der Waals surface area contributed by atoms with Crippen LogP contribution in [0.1, 0.15) is 12.2 Å². The van der Waals surface area contributed by atoms with Gasteiger partial charge in [0.2, 0.25) is 5.91 Å². The second-order valence-electron chi connectivity index (χ2n) is 5.22. The summed E-state index contributed by atoms with van der Waals surface area (Å²) < 4.78 is 5.13. The summed E-state index contributed by atoms with van der Waals surface area (Å²) in [5, 5.41) is 5.92. The number of rotatable bonds is 4. The monoisotopic (exact) mass is 333 g/mol. The topological polar surface area (TPSA) is 74.6 Å². The number of benzene rings is 1. The number of amides is 3. The summed E-state index contributed by atoms with van der Waals surface area (Å²) in [5.74, 6) is 0.513. The molecule has 6 nitrogen and oxygen atoms in total. The van der Waals surface area contributed by atoms with Gasteiger partial charge in [0.05, 0.1) is 12.8 Å². The van der Waals surface area contributed by atoms with E-state index in [9.17, 15) is 9.59 Å². The molecule has 0 aliphatic carbocycles. The number of hydrogen-bond acceptors (Lipinski definition) is 3. The van der Waals surface area contributed by atoms with E-state index in [2.05, 4.69) is 10.6 Å². The van der Waals surface area contributed by atoms with Crippen molar-refractivity contribution in [3.8, 4) is 0 Å². The fourth-order valence-electron chi connectivity index (χ4n) is 2.50. The average molecular weight is 334 g/mol. The van der Waals surface area contributed by atoms with Gasteiger partial charge in [-0.15, -0.1) is 0 Å². The summed E-state index contributed by atoms with van der Waals surface area (Å²) in [6.45, 7) is 0.820. The van der Waals surface area contributed by atoms with Crippen molar-refractivity contribution >= 4 is 29.2 Å². The van der Waals surface area contributed by atoms with Crippen molar-refractivity contribution in [1.82, 2.24) is 10.6 Å². The van der Waals surface area contributed by atoms with E-state index >= 15 is 0 Å². The number of furan rings is 1. The number of urea groups is 1. The lowest BCUT2D eigenvalue weighted by Gasteiger charge is -2.17. The number of carbonyl (C=O) groups is 2. The molecule has 1 aromatic heterocycles. The van der Waals surface area contributed by atoms with Crippen molar-refractivity contribution in [1.29, 1.82) is 0 Å². The molecular weight excluding hydrogens is 318 g/mol. The third-order valence-corrected chi connectivity index (χ3v) is 3.87. The number of halogens is 1. The van der Waals surface area contributed by atoms with Gasteiger partial charge in [-0.3, -0.25) is 4.79 Å². The summed E-state index contributed by atoms with van der Waals surface area (Å²) >= 11 is 5.96. The lowest BCUT2D eigenvalue weighted by molar-refractivity contribution is -0.118. The van der Waals surface area contributed by atoms with E-state index in [0.29, 0.717) is 23.7 Å². The van der Waals surface area contributed by atoms with E-state index in [-0.39, 0.29) is 12.5 Å². The molecule has 23 heavy (non-hydrogen) atoms. The Labute approximate surface area is 138 Å². The Morgan fingerprint density at radius 1 is 1.35 bits per heavy atom. The van der Waals surface area contributed by atoms with Gasteiger partial charge < -0.3 is 20.0 Å². The zero-order valence-electron chi connectivity index (χ0n) is 12.3. The lowest BCUT2D eigenvalue weighted by atomic mass is 10.2. The first-order chi connectivity index (χ1) is 11.1. The molecule has 1 aliphatic heterocycles. The predicted octanol–water partition coefficient (Wildman–Crippen LogP) is 2.54. The van der Waals surface area contributed by atoms with E-state index in [1.807, 2.05) is 6.07 Å². The third kappa shape index (κ3) is 3.65. The molecule has 0 radical (unpaired) electrons. The van der Waals surface area contributed by atoms with Crippen LogP contribution in [-0.2, 0) is 11.3 Å². The van der Waals surface area contributed by atoms with Crippen LogP contribution in [0.3, 0.4) is 0 Å². The van der Waals surface area contributed by atoms with Crippen molar-refractivity contribution < 1.29 is 14.0 Å². The highest BCUT2D eigenvalue weighted by Gasteiger charge is 2.33. The van der Waals surface area contributed by atoms with E-state index in [1.165, 1.54) is 6.26 Å². The Morgan fingerprint density at radius 2 is 2.22 bits per heavy atom. The molecule has 2 aromatic rings. The van der Waals surface area contributed by atoms with E-state index in [4.69, 9.17) is 16.0 Å². The van der Waals surface area contributed by atoms with Crippen molar-refractivity contribution in [2.75, 3.05) is 11.4 Å². The van der Waals surface area contributed by atoms with Gasteiger partial charge >= 0.3 is 6.03 Å². The molecule has 1 saturated heterocycles. The molecule has 2 N–H and O–H groups in total. The molecule has 0 bridgehead atoms. The summed E-state index contributed by atoms with van der Waals surface area (Å²) in [4.78, 5) is 25.9. The van der Waals surface area contributed by atoms with E-state index in [0.717, 1.165) is 5.69 Å². The zero-order valence-corrected chi connectivity index (χ0v) is 13.0. The maximum atomic E-state index is 12.4. The average Bonchev–Trinajstić information content (AvgIpc) is 3.16. The Hall–Kier alpha value is -2.47. The van der Waals surface area contributed by atoms with Crippen LogP contribution in [0.15, 0.2) is 47.1 Å². The first-order valence-electron chi connectivity index (χ1n) is 7.27. The SMILES string of the molecule is O=C(NCc1ccco1)N[C@@H]1CCN(c2cccc(Cl)c2)C1=O. The molecule has 3 rings (SSSR count). The maximum absolute atomic E-state index is 12.4. The Bertz CT molecular complexity index is 702. The first-order valence-corrected chi connectivity index (χ1v) is 7.65.